The van der Waals surface area contributed by atoms with E-state index in [2.05, 4.69) is 4.98 Å². The highest BCUT2D eigenvalue weighted by atomic mass is 127. The average Bonchev–Trinajstić information content (AvgIpc) is 2.27. The Morgan fingerprint density at radius 3 is 2.62 bits per heavy atom. The minimum absolute atomic E-state index is 0.244. The van der Waals surface area contributed by atoms with Gasteiger partial charge in [-0.3, -0.25) is 4.98 Å². The van der Waals surface area contributed by atoms with E-state index in [0.29, 0.717) is 9.26 Å². The van der Waals surface area contributed by atoms with E-state index < -0.39 is 0 Å². The first-order chi connectivity index (χ1) is 7.66. The molecule has 0 saturated carbocycles. The lowest BCUT2D eigenvalue weighted by molar-refractivity contribution is 0.617. The second-order valence-electron chi connectivity index (χ2n) is 3.09. The molecule has 0 aliphatic heterocycles. The average molecular weight is 346 g/mol. The van der Waals surface area contributed by atoms with Crippen molar-refractivity contribution >= 4 is 40.0 Å². The summed E-state index contributed by atoms with van der Waals surface area (Å²) in [6, 6.07) is 6.82. The lowest BCUT2D eigenvalue weighted by Gasteiger charge is -2.06. The molecule has 0 aliphatic rings. The molecule has 16 heavy (non-hydrogen) atoms. The fourth-order valence-electron chi connectivity index (χ4n) is 1.17. The van der Waals surface area contributed by atoms with Crippen LogP contribution in [0.1, 0.15) is 0 Å². The van der Waals surface area contributed by atoms with Crippen LogP contribution in [0.25, 0.3) is 0 Å². The Morgan fingerprint density at radius 1 is 1.25 bits per heavy atom. The quantitative estimate of drug-likeness (QED) is 0.668. The van der Waals surface area contributed by atoms with Gasteiger partial charge in [0.05, 0.1) is 3.57 Å². The van der Waals surface area contributed by atoms with Crippen LogP contribution in [-0.2, 0) is 0 Å². The number of nitrogens with zero attached hydrogens (tertiary/aromatic N) is 1. The third kappa shape index (κ3) is 2.65. The van der Waals surface area contributed by atoms with Gasteiger partial charge >= 0.3 is 0 Å². The van der Waals surface area contributed by atoms with Crippen LogP contribution in [0.15, 0.2) is 46.5 Å². The van der Waals surface area contributed by atoms with Crippen LogP contribution in [0.3, 0.4) is 0 Å². The van der Waals surface area contributed by atoms with Crippen molar-refractivity contribution in [3.05, 3.63) is 46.0 Å². The lowest BCUT2D eigenvalue weighted by atomic mass is 10.3. The molecule has 1 aromatic heterocycles. The first-order valence-corrected chi connectivity index (χ1v) is 6.39. The third-order valence-corrected chi connectivity index (χ3v) is 3.84. The van der Waals surface area contributed by atoms with Crippen LogP contribution in [0.5, 0.6) is 0 Å². The van der Waals surface area contributed by atoms with Crippen molar-refractivity contribution in [1.82, 2.24) is 4.98 Å². The lowest BCUT2D eigenvalue weighted by Crippen LogP contribution is -1.92. The van der Waals surface area contributed by atoms with Crippen LogP contribution in [0.2, 0.25) is 0 Å². The fraction of sp³-hybridized carbons (Fsp3) is 0. The number of benzene rings is 1. The minimum atomic E-state index is -0.244. The van der Waals surface area contributed by atoms with Gasteiger partial charge < -0.3 is 5.73 Å². The van der Waals surface area contributed by atoms with E-state index in [4.69, 9.17) is 5.73 Å². The molecular weight excluding hydrogens is 338 g/mol. The summed E-state index contributed by atoms with van der Waals surface area (Å²) >= 11 is 3.35. The number of anilines is 1. The van der Waals surface area contributed by atoms with Crippen molar-refractivity contribution in [3.63, 3.8) is 0 Å². The molecule has 2 rings (SSSR count). The van der Waals surface area contributed by atoms with Gasteiger partial charge in [-0.15, -0.1) is 0 Å². The number of halogens is 2. The van der Waals surface area contributed by atoms with Crippen molar-refractivity contribution in [1.29, 1.82) is 0 Å². The molecule has 0 unspecified atom stereocenters. The van der Waals surface area contributed by atoms with E-state index in [1.54, 1.807) is 18.5 Å². The number of nitrogens with two attached hydrogens (primary N) is 1. The summed E-state index contributed by atoms with van der Waals surface area (Å²) in [6.07, 6.45) is 3.39. The van der Waals surface area contributed by atoms with Crippen LogP contribution >= 0.6 is 34.4 Å². The van der Waals surface area contributed by atoms with E-state index in [0.717, 1.165) is 9.79 Å². The molecule has 0 spiro atoms. The van der Waals surface area contributed by atoms with E-state index in [-0.39, 0.29) is 5.82 Å². The van der Waals surface area contributed by atoms with E-state index >= 15 is 0 Å². The largest absolute Gasteiger partial charge is 0.398 e. The van der Waals surface area contributed by atoms with Crippen LogP contribution in [0.4, 0.5) is 10.1 Å². The number of pyridine rings is 1. The first-order valence-electron chi connectivity index (χ1n) is 4.49. The second kappa shape index (κ2) is 5.01. The number of hydrogen-bond donors (Lipinski definition) is 1. The van der Waals surface area contributed by atoms with Crippen molar-refractivity contribution in [2.24, 2.45) is 0 Å². The Bertz CT molecular complexity index is 505. The maximum Gasteiger partial charge on any atom is 0.137 e. The van der Waals surface area contributed by atoms with Gasteiger partial charge in [0, 0.05) is 27.9 Å². The molecule has 2 N–H and O–H groups in total. The Labute approximate surface area is 111 Å². The van der Waals surface area contributed by atoms with Crippen molar-refractivity contribution in [2.45, 2.75) is 9.79 Å². The van der Waals surface area contributed by atoms with E-state index in [1.807, 2.05) is 34.7 Å². The highest BCUT2D eigenvalue weighted by molar-refractivity contribution is 14.1. The van der Waals surface area contributed by atoms with Gasteiger partial charge in [-0.05, 0) is 46.9 Å². The summed E-state index contributed by atoms with van der Waals surface area (Å²) in [4.78, 5) is 5.64. The molecule has 0 amide bonds. The van der Waals surface area contributed by atoms with Crippen molar-refractivity contribution in [2.75, 3.05) is 5.73 Å². The minimum Gasteiger partial charge on any atom is -0.398 e. The second-order valence-corrected chi connectivity index (χ2v) is 5.37. The predicted octanol–water partition coefficient (Wildman–Crippen LogP) is 3.56. The highest BCUT2D eigenvalue weighted by Gasteiger charge is 2.07. The normalized spacial score (nSPS) is 10.4. The number of nitrogen functional groups attached to an aromatic ring is 1. The molecule has 0 fully saturated rings. The molecule has 2 aromatic rings. The van der Waals surface area contributed by atoms with Crippen molar-refractivity contribution in [3.8, 4) is 0 Å². The maximum absolute atomic E-state index is 13.4. The molecule has 0 atom stereocenters. The van der Waals surface area contributed by atoms with Gasteiger partial charge in [-0.2, -0.15) is 0 Å². The monoisotopic (exact) mass is 346 g/mol. The Balaban J connectivity index is 2.32. The Morgan fingerprint density at radius 2 is 1.94 bits per heavy atom. The zero-order chi connectivity index (χ0) is 11.5. The smallest absolute Gasteiger partial charge is 0.137 e. The van der Waals surface area contributed by atoms with E-state index in [9.17, 15) is 4.39 Å². The SMILES string of the molecule is Nc1cc(I)c(F)cc1Sc1ccncc1. The summed E-state index contributed by atoms with van der Waals surface area (Å²) in [5.41, 5.74) is 6.42. The van der Waals surface area contributed by atoms with Crippen molar-refractivity contribution < 1.29 is 4.39 Å². The fourth-order valence-corrected chi connectivity index (χ4v) is 2.51. The highest BCUT2D eigenvalue weighted by Crippen LogP contribution is 2.33. The van der Waals surface area contributed by atoms with Gasteiger partial charge in [0.15, 0.2) is 0 Å². The van der Waals surface area contributed by atoms with Gasteiger partial charge in [-0.1, -0.05) is 11.8 Å². The molecule has 82 valence electrons. The summed E-state index contributed by atoms with van der Waals surface area (Å²) < 4.78 is 13.9. The standard InChI is InChI=1S/C11H8FIN2S/c12-8-5-11(10(14)6-9(8)13)16-7-1-3-15-4-2-7/h1-6H,14H2. The molecule has 1 aromatic carbocycles. The van der Waals surface area contributed by atoms with Gasteiger partial charge in [0.1, 0.15) is 5.82 Å². The van der Waals surface area contributed by atoms with Gasteiger partial charge in [0.2, 0.25) is 0 Å². The molecule has 0 saturated heterocycles. The maximum atomic E-state index is 13.4. The van der Waals surface area contributed by atoms with Gasteiger partial charge in [-0.25, -0.2) is 4.39 Å². The van der Waals surface area contributed by atoms with Gasteiger partial charge in [0.25, 0.3) is 0 Å². The predicted molar refractivity (Wildman–Crippen MR) is 71.9 cm³/mol. The summed E-state index contributed by atoms with van der Waals surface area (Å²) in [6.45, 7) is 0. The molecule has 0 bridgehead atoms. The molecule has 0 aliphatic carbocycles. The zero-order valence-electron chi connectivity index (χ0n) is 8.15. The zero-order valence-corrected chi connectivity index (χ0v) is 11.1. The molecule has 0 radical (unpaired) electrons. The molecule has 5 heteroatoms. The first kappa shape index (κ1) is 11.7. The number of rotatable bonds is 2. The topological polar surface area (TPSA) is 38.9 Å². The molecule has 2 nitrogen and oxygen atoms in total. The van der Waals surface area contributed by atoms with Crippen LogP contribution in [-0.4, -0.2) is 4.98 Å². The third-order valence-electron chi connectivity index (χ3n) is 1.93. The summed E-state index contributed by atoms with van der Waals surface area (Å²) in [5.74, 6) is -0.244. The Kier molecular flexibility index (Phi) is 3.65. The molecular formula is C11H8FIN2S. The summed E-state index contributed by atoms with van der Waals surface area (Å²) in [5, 5.41) is 0. The molecule has 1 heterocycles. The van der Waals surface area contributed by atoms with Crippen LogP contribution in [0, 0.1) is 9.39 Å². The number of hydrogen-bond acceptors (Lipinski definition) is 3. The Hall–Kier alpha value is -0.820. The van der Waals surface area contributed by atoms with Crippen LogP contribution < -0.4 is 5.73 Å². The summed E-state index contributed by atoms with van der Waals surface area (Å²) in [7, 11) is 0. The number of aromatic nitrogens is 1. The van der Waals surface area contributed by atoms with E-state index in [1.165, 1.54) is 17.8 Å².